The van der Waals surface area contributed by atoms with Crippen molar-refractivity contribution < 1.29 is 28.6 Å². The molecule has 0 radical (unpaired) electrons. The molecule has 3 aromatic rings. The van der Waals surface area contributed by atoms with Crippen molar-refractivity contribution in [3.8, 4) is 11.5 Å². The van der Waals surface area contributed by atoms with Crippen molar-refractivity contribution in [1.82, 2.24) is 0 Å². The molecule has 0 unspecified atom stereocenters. The number of benzene rings is 3. The topological polar surface area (TPSA) is 94.2 Å². The van der Waals surface area contributed by atoms with Crippen molar-refractivity contribution in [2.24, 2.45) is 0 Å². The lowest BCUT2D eigenvalue weighted by molar-refractivity contribution is -0.136. The van der Waals surface area contributed by atoms with Crippen molar-refractivity contribution >= 4 is 35.2 Å². The maximum absolute atomic E-state index is 13.3. The smallest absolute Gasteiger partial charge is 0.340 e. The monoisotopic (exact) mass is 498 g/mol. The quantitative estimate of drug-likeness (QED) is 0.361. The van der Waals surface area contributed by atoms with Crippen LogP contribution in [0.25, 0.3) is 6.08 Å². The first-order valence-corrected chi connectivity index (χ1v) is 11.5. The molecule has 0 aliphatic carbocycles. The predicted octanol–water partition coefficient (Wildman–Crippen LogP) is 4.59. The molecule has 0 bridgehead atoms. The Kier molecular flexibility index (Phi) is 7.68. The second-order valence-corrected chi connectivity index (χ2v) is 8.09. The molecule has 1 N–H and O–H groups in total. The number of hydrogen-bond acceptors (Lipinski definition) is 6. The average Bonchev–Trinajstić information content (AvgIpc) is 3.17. The summed E-state index contributed by atoms with van der Waals surface area (Å²) in [7, 11) is 2.81. The van der Waals surface area contributed by atoms with E-state index in [9.17, 15) is 14.4 Å². The van der Waals surface area contributed by atoms with E-state index >= 15 is 0 Å². The molecule has 1 heterocycles. The summed E-state index contributed by atoms with van der Waals surface area (Å²) in [6.07, 6.45) is 1.64. The third-order valence-corrected chi connectivity index (χ3v) is 5.75. The van der Waals surface area contributed by atoms with Crippen molar-refractivity contribution in [3.63, 3.8) is 0 Å². The maximum atomic E-state index is 13.3. The Hall–Kier alpha value is -4.85. The van der Waals surface area contributed by atoms with Gasteiger partial charge >= 0.3 is 5.97 Å². The third kappa shape index (κ3) is 5.54. The van der Waals surface area contributed by atoms with Crippen LogP contribution in [0.5, 0.6) is 11.5 Å². The fourth-order valence-corrected chi connectivity index (χ4v) is 3.98. The normalized spacial score (nSPS) is 14.1. The second-order valence-electron chi connectivity index (χ2n) is 8.09. The summed E-state index contributed by atoms with van der Waals surface area (Å²) in [5, 5.41) is 2.75. The zero-order valence-electron chi connectivity index (χ0n) is 20.7. The van der Waals surface area contributed by atoms with Crippen molar-refractivity contribution in [3.05, 3.63) is 101 Å². The van der Waals surface area contributed by atoms with Crippen LogP contribution in [-0.4, -0.2) is 38.6 Å². The fourth-order valence-electron chi connectivity index (χ4n) is 3.98. The highest BCUT2D eigenvalue weighted by Gasteiger charge is 2.37. The summed E-state index contributed by atoms with van der Waals surface area (Å²) in [6, 6.07) is 23.0. The van der Waals surface area contributed by atoms with Crippen LogP contribution in [-0.2, 0) is 19.1 Å². The van der Waals surface area contributed by atoms with E-state index in [2.05, 4.69) is 5.32 Å². The van der Waals surface area contributed by atoms with Crippen LogP contribution in [0.15, 0.2) is 95.7 Å². The Labute approximate surface area is 214 Å². The number of anilines is 2. The van der Waals surface area contributed by atoms with E-state index < -0.39 is 5.97 Å². The lowest BCUT2D eigenvalue weighted by Gasteiger charge is -2.17. The number of hydrogen-bond donors (Lipinski definition) is 1. The van der Waals surface area contributed by atoms with E-state index in [-0.39, 0.29) is 29.6 Å². The lowest BCUT2D eigenvalue weighted by atomic mass is 10.0. The van der Waals surface area contributed by atoms with Crippen molar-refractivity contribution in [1.29, 1.82) is 0 Å². The Morgan fingerprint density at radius 1 is 0.919 bits per heavy atom. The highest BCUT2D eigenvalue weighted by Crippen LogP contribution is 2.35. The Morgan fingerprint density at radius 3 is 2.27 bits per heavy atom. The van der Waals surface area contributed by atoms with E-state index in [0.717, 1.165) is 0 Å². The molecule has 3 aromatic carbocycles. The Balaban J connectivity index is 1.49. The van der Waals surface area contributed by atoms with Crippen LogP contribution in [0, 0.1) is 0 Å². The molecule has 4 rings (SSSR count). The molecule has 0 saturated carbocycles. The molecule has 0 spiro atoms. The van der Waals surface area contributed by atoms with Crippen LogP contribution in [0.2, 0.25) is 0 Å². The van der Waals surface area contributed by atoms with Gasteiger partial charge in [0.25, 0.3) is 11.8 Å². The van der Waals surface area contributed by atoms with Crippen LogP contribution >= 0.6 is 0 Å². The highest BCUT2D eigenvalue weighted by molar-refractivity contribution is 6.23. The maximum Gasteiger partial charge on any atom is 0.340 e. The zero-order valence-corrected chi connectivity index (χ0v) is 20.7. The van der Waals surface area contributed by atoms with Gasteiger partial charge in [0.2, 0.25) is 0 Å². The lowest BCUT2D eigenvalue weighted by Crippen LogP contribution is -2.24. The first kappa shape index (κ1) is 25.2. The van der Waals surface area contributed by atoms with Gasteiger partial charge in [0.15, 0.2) is 6.61 Å². The number of carbonyl (C=O) groups is 3. The molecule has 8 heteroatoms. The second kappa shape index (κ2) is 11.3. The number of allylic oxidation sites excluding steroid dienone is 1. The summed E-state index contributed by atoms with van der Waals surface area (Å²) in [6.45, 7) is 1.52. The summed E-state index contributed by atoms with van der Waals surface area (Å²) in [5.74, 6) is -0.220. The predicted molar refractivity (Wildman–Crippen MR) is 140 cm³/mol. The number of methoxy groups -OCH3 is 2. The first-order valence-electron chi connectivity index (χ1n) is 11.5. The van der Waals surface area contributed by atoms with Gasteiger partial charge < -0.3 is 19.5 Å². The number of esters is 1. The van der Waals surface area contributed by atoms with Crippen LogP contribution in [0.3, 0.4) is 0 Å². The molecule has 8 nitrogen and oxygen atoms in total. The molecule has 0 aromatic heterocycles. The number of amides is 2. The van der Waals surface area contributed by atoms with E-state index in [1.165, 1.54) is 19.1 Å². The van der Waals surface area contributed by atoms with Gasteiger partial charge in [-0.3, -0.25) is 14.5 Å². The Morgan fingerprint density at radius 2 is 1.59 bits per heavy atom. The van der Waals surface area contributed by atoms with Crippen LogP contribution in [0.4, 0.5) is 11.4 Å². The van der Waals surface area contributed by atoms with Gasteiger partial charge in [0, 0.05) is 11.4 Å². The minimum Gasteiger partial charge on any atom is -0.495 e. The van der Waals surface area contributed by atoms with E-state index in [4.69, 9.17) is 14.2 Å². The summed E-state index contributed by atoms with van der Waals surface area (Å²) < 4.78 is 15.8. The van der Waals surface area contributed by atoms with Gasteiger partial charge in [0.1, 0.15) is 11.5 Å². The van der Waals surface area contributed by atoms with Gasteiger partial charge in [-0.2, -0.15) is 0 Å². The number of nitrogens with zero attached hydrogens (tertiary/aromatic N) is 1. The SMILES string of the molecule is COC(=O)C1=C(C)N(c2ccccc2)C(=O)/C1=C\c1ccc(OCC(=O)Nc2ccccc2OC)cc1. The van der Waals surface area contributed by atoms with Gasteiger partial charge in [0.05, 0.1) is 31.1 Å². The zero-order chi connectivity index (χ0) is 26.4. The van der Waals surface area contributed by atoms with Crippen LogP contribution < -0.4 is 19.7 Å². The highest BCUT2D eigenvalue weighted by atomic mass is 16.5. The summed E-state index contributed by atoms with van der Waals surface area (Å²) in [5.41, 5.74) is 2.83. The molecule has 1 aliphatic rings. The van der Waals surface area contributed by atoms with Crippen molar-refractivity contribution in [2.45, 2.75) is 6.92 Å². The summed E-state index contributed by atoms with van der Waals surface area (Å²) >= 11 is 0. The molecular formula is C29H26N2O6. The van der Waals surface area contributed by atoms with Crippen LogP contribution in [0.1, 0.15) is 12.5 Å². The molecule has 37 heavy (non-hydrogen) atoms. The molecule has 188 valence electrons. The molecule has 0 saturated heterocycles. The van der Waals surface area contributed by atoms with Gasteiger partial charge in [-0.05, 0) is 55.0 Å². The van der Waals surface area contributed by atoms with Gasteiger partial charge in [-0.15, -0.1) is 0 Å². The Bertz CT molecular complexity index is 1380. The fraction of sp³-hybridized carbons (Fsp3) is 0.138. The molecule has 1 aliphatic heterocycles. The number of carbonyl (C=O) groups excluding carboxylic acids is 3. The van der Waals surface area contributed by atoms with Gasteiger partial charge in [-0.25, -0.2) is 4.79 Å². The number of nitrogens with one attached hydrogen (secondary N) is 1. The standard InChI is InChI=1S/C29H26N2O6/c1-19-27(29(34)36-3)23(28(33)31(19)21-9-5-4-6-10-21)17-20-13-15-22(16-14-20)37-18-26(32)30-24-11-7-8-12-25(24)35-2/h4-17H,18H2,1-3H3,(H,30,32)/b23-17-. The number of para-hydroxylation sites is 3. The van der Waals surface area contributed by atoms with Gasteiger partial charge in [-0.1, -0.05) is 42.5 Å². The van der Waals surface area contributed by atoms with Crippen molar-refractivity contribution in [2.75, 3.05) is 31.0 Å². The number of ether oxygens (including phenoxy) is 3. The first-order chi connectivity index (χ1) is 17.9. The van der Waals surface area contributed by atoms with E-state index in [0.29, 0.717) is 34.1 Å². The minimum atomic E-state index is -0.587. The largest absolute Gasteiger partial charge is 0.495 e. The van der Waals surface area contributed by atoms with E-state index in [1.807, 2.05) is 24.3 Å². The summed E-state index contributed by atoms with van der Waals surface area (Å²) in [4.78, 5) is 39.7. The third-order valence-electron chi connectivity index (χ3n) is 5.75. The molecule has 2 amide bonds. The van der Waals surface area contributed by atoms with E-state index in [1.54, 1.807) is 67.6 Å². The number of rotatable bonds is 8. The average molecular weight is 499 g/mol. The molecular weight excluding hydrogens is 472 g/mol. The molecule has 0 fully saturated rings. The molecule has 0 atom stereocenters. The minimum absolute atomic E-state index is 0.197.